The maximum Gasteiger partial charge on any atom is 0.115 e. The molecular weight excluding hydrogens is 286 g/mol. The lowest BCUT2D eigenvalue weighted by atomic mass is 9.68. The van der Waals surface area contributed by atoms with Crippen molar-refractivity contribution < 1.29 is 9.52 Å². The average Bonchev–Trinajstić information content (AvgIpc) is 3.04. The molecule has 2 heterocycles. The van der Waals surface area contributed by atoms with Gasteiger partial charge in [0.1, 0.15) is 11.5 Å². The van der Waals surface area contributed by atoms with E-state index < -0.39 is 0 Å². The van der Waals surface area contributed by atoms with E-state index in [2.05, 4.69) is 30.9 Å². The van der Waals surface area contributed by atoms with E-state index in [4.69, 9.17) is 4.42 Å². The standard InChI is InChI=1S/C20H27NO2/c1-16-15-21(11-4-8-19-9-5-13-23-19)12-10-20(16,2)17-6-3-7-18(22)14-17/h3,5-7,9,13-14,16,22H,4,8,10-12,15H2,1-2H3/t16-,20-/m0/s1. The summed E-state index contributed by atoms with van der Waals surface area (Å²) in [7, 11) is 0. The second-order valence-corrected chi connectivity index (χ2v) is 7.10. The minimum Gasteiger partial charge on any atom is -0.508 e. The van der Waals surface area contributed by atoms with Crippen molar-refractivity contribution in [3.05, 3.63) is 54.0 Å². The molecule has 1 aliphatic rings. The molecule has 0 radical (unpaired) electrons. The first-order valence-corrected chi connectivity index (χ1v) is 8.62. The first-order valence-electron chi connectivity index (χ1n) is 8.62. The molecule has 0 amide bonds. The number of phenols is 1. The number of rotatable bonds is 5. The van der Waals surface area contributed by atoms with Crippen molar-refractivity contribution in [3.8, 4) is 5.75 Å². The summed E-state index contributed by atoms with van der Waals surface area (Å²) in [5.41, 5.74) is 1.41. The largest absolute Gasteiger partial charge is 0.508 e. The minimum absolute atomic E-state index is 0.149. The number of likely N-dealkylation sites (tertiary alicyclic amines) is 1. The summed E-state index contributed by atoms with van der Waals surface area (Å²) in [4.78, 5) is 2.57. The van der Waals surface area contributed by atoms with Gasteiger partial charge >= 0.3 is 0 Å². The zero-order valence-electron chi connectivity index (χ0n) is 14.2. The Bertz CT molecular complexity index is 622. The van der Waals surface area contributed by atoms with Gasteiger partial charge in [0.15, 0.2) is 0 Å². The maximum atomic E-state index is 9.78. The molecule has 0 unspecified atom stereocenters. The second kappa shape index (κ2) is 6.79. The van der Waals surface area contributed by atoms with Gasteiger partial charge in [-0.2, -0.15) is 0 Å². The highest BCUT2D eigenvalue weighted by Crippen LogP contribution is 2.40. The monoisotopic (exact) mass is 313 g/mol. The highest BCUT2D eigenvalue weighted by atomic mass is 16.3. The summed E-state index contributed by atoms with van der Waals surface area (Å²) >= 11 is 0. The highest BCUT2D eigenvalue weighted by molar-refractivity contribution is 5.33. The predicted molar refractivity (Wildman–Crippen MR) is 92.7 cm³/mol. The van der Waals surface area contributed by atoms with Gasteiger partial charge in [-0.25, -0.2) is 0 Å². The summed E-state index contributed by atoms with van der Waals surface area (Å²) in [5.74, 6) is 2.03. The first kappa shape index (κ1) is 16.1. The fourth-order valence-corrected chi connectivity index (χ4v) is 3.74. The maximum absolute atomic E-state index is 9.78. The molecule has 1 fully saturated rings. The van der Waals surface area contributed by atoms with Gasteiger partial charge in [0.2, 0.25) is 0 Å². The third-order valence-corrected chi connectivity index (χ3v) is 5.55. The molecule has 1 aromatic heterocycles. The molecule has 0 spiro atoms. The van der Waals surface area contributed by atoms with Crippen LogP contribution in [0.1, 0.15) is 38.0 Å². The van der Waals surface area contributed by atoms with E-state index >= 15 is 0 Å². The summed E-state index contributed by atoms with van der Waals surface area (Å²) in [5, 5.41) is 9.78. The van der Waals surface area contributed by atoms with Crippen LogP contribution in [0.25, 0.3) is 0 Å². The van der Waals surface area contributed by atoms with Crippen LogP contribution in [0.2, 0.25) is 0 Å². The van der Waals surface area contributed by atoms with Crippen molar-refractivity contribution in [3.63, 3.8) is 0 Å². The molecule has 23 heavy (non-hydrogen) atoms. The molecule has 3 rings (SSSR count). The van der Waals surface area contributed by atoms with Crippen molar-refractivity contribution in [1.29, 1.82) is 0 Å². The summed E-state index contributed by atoms with van der Waals surface area (Å²) in [6.07, 6.45) is 5.04. The Morgan fingerprint density at radius 3 is 2.87 bits per heavy atom. The third-order valence-electron chi connectivity index (χ3n) is 5.55. The van der Waals surface area contributed by atoms with Crippen LogP contribution in [0, 0.1) is 5.92 Å². The molecule has 1 saturated heterocycles. The predicted octanol–water partition coefficient (Wildman–Crippen LogP) is 4.22. The zero-order chi connectivity index (χ0) is 16.3. The molecule has 2 atom stereocenters. The van der Waals surface area contributed by atoms with E-state index in [1.807, 2.05) is 18.2 Å². The number of furan rings is 1. The van der Waals surface area contributed by atoms with Gasteiger partial charge in [0, 0.05) is 13.0 Å². The molecule has 3 heteroatoms. The summed E-state index contributed by atoms with van der Waals surface area (Å²) in [6, 6.07) is 11.8. The molecule has 0 bridgehead atoms. The van der Waals surface area contributed by atoms with E-state index in [1.165, 1.54) is 5.56 Å². The van der Waals surface area contributed by atoms with E-state index in [9.17, 15) is 5.11 Å². The van der Waals surface area contributed by atoms with Crippen LogP contribution in [-0.4, -0.2) is 29.6 Å². The number of benzene rings is 1. The number of aryl methyl sites for hydroxylation is 1. The van der Waals surface area contributed by atoms with E-state index in [-0.39, 0.29) is 5.41 Å². The van der Waals surface area contributed by atoms with Crippen LogP contribution < -0.4 is 0 Å². The molecule has 0 saturated carbocycles. The number of phenolic OH excluding ortho intramolecular Hbond substituents is 1. The summed E-state index contributed by atoms with van der Waals surface area (Å²) < 4.78 is 5.40. The number of hydrogen-bond acceptors (Lipinski definition) is 3. The van der Waals surface area contributed by atoms with Gasteiger partial charge in [0.05, 0.1) is 6.26 Å². The third kappa shape index (κ3) is 3.61. The van der Waals surface area contributed by atoms with E-state index in [1.54, 1.807) is 12.3 Å². The van der Waals surface area contributed by atoms with Gasteiger partial charge in [-0.1, -0.05) is 26.0 Å². The van der Waals surface area contributed by atoms with E-state index in [0.717, 1.165) is 44.7 Å². The van der Waals surface area contributed by atoms with Crippen LogP contribution in [0.3, 0.4) is 0 Å². The summed E-state index contributed by atoms with van der Waals surface area (Å²) in [6.45, 7) is 8.04. The topological polar surface area (TPSA) is 36.6 Å². The molecule has 3 nitrogen and oxygen atoms in total. The molecular formula is C20H27NO2. The van der Waals surface area contributed by atoms with Crippen LogP contribution in [0.4, 0.5) is 0 Å². The van der Waals surface area contributed by atoms with Crippen molar-refractivity contribution >= 4 is 0 Å². The lowest BCUT2D eigenvalue weighted by molar-refractivity contribution is 0.110. The second-order valence-electron chi connectivity index (χ2n) is 7.10. The molecule has 124 valence electrons. The van der Waals surface area contributed by atoms with Crippen LogP contribution in [0.5, 0.6) is 5.75 Å². The molecule has 1 aromatic carbocycles. The Balaban J connectivity index is 1.56. The quantitative estimate of drug-likeness (QED) is 0.898. The van der Waals surface area contributed by atoms with Crippen molar-refractivity contribution in [2.45, 2.75) is 38.5 Å². The van der Waals surface area contributed by atoms with Crippen molar-refractivity contribution in [2.75, 3.05) is 19.6 Å². The van der Waals surface area contributed by atoms with Gasteiger partial charge < -0.3 is 14.4 Å². The molecule has 0 aliphatic carbocycles. The van der Waals surface area contributed by atoms with Crippen molar-refractivity contribution in [2.24, 2.45) is 5.92 Å². The normalized spacial score (nSPS) is 25.6. The Morgan fingerprint density at radius 2 is 2.17 bits per heavy atom. The molecule has 2 aromatic rings. The first-order chi connectivity index (χ1) is 11.1. The SMILES string of the molecule is C[C@H]1CN(CCCc2ccco2)CC[C@]1(C)c1cccc(O)c1. The zero-order valence-corrected chi connectivity index (χ0v) is 14.2. The highest BCUT2D eigenvalue weighted by Gasteiger charge is 2.37. The Labute approximate surface area is 138 Å². The number of piperidine rings is 1. The molecule has 1 N–H and O–H groups in total. The van der Waals surface area contributed by atoms with Gasteiger partial charge in [-0.05, 0) is 67.1 Å². The lowest BCUT2D eigenvalue weighted by Crippen LogP contribution is -2.47. The smallest absolute Gasteiger partial charge is 0.115 e. The number of hydrogen-bond donors (Lipinski definition) is 1. The molecule has 1 aliphatic heterocycles. The number of nitrogens with zero attached hydrogens (tertiary/aromatic N) is 1. The van der Waals surface area contributed by atoms with Crippen LogP contribution in [0.15, 0.2) is 47.1 Å². The van der Waals surface area contributed by atoms with Gasteiger partial charge in [0.25, 0.3) is 0 Å². The average molecular weight is 313 g/mol. The van der Waals surface area contributed by atoms with E-state index in [0.29, 0.717) is 11.7 Å². The Morgan fingerprint density at radius 1 is 1.30 bits per heavy atom. The van der Waals surface area contributed by atoms with Crippen LogP contribution >= 0.6 is 0 Å². The fourth-order valence-electron chi connectivity index (χ4n) is 3.74. The van der Waals surface area contributed by atoms with Crippen molar-refractivity contribution in [1.82, 2.24) is 4.90 Å². The number of aromatic hydroxyl groups is 1. The Hall–Kier alpha value is -1.74. The van der Waals surface area contributed by atoms with Gasteiger partial charge in [-0.3, -0.25) is 0 Å². The Kier molecular flexibility index (Phi) is 4.76. The van der Waals surface area contributed by atoms with Crippen LogP contribution in [-0.2, 0) is 11.8 Å². The van der Waals surface area contributed by atoms with Gasteiger partial charge in [-0.15, -0.1) is 0 Å². The minimum atomic E-state index is 0.149. The fraction of sp³-hybridized carbons (Fsp3) is 0.500. The lowest BCUT2D eigenvalue weighted by Gasteiger charge is -2.45.